The van der Waals surface area contributed by atoms with Crippen LogP contribution in [0.25, 0.3) is 0 Å². The fourth-order valence-electron chi connectivity index (χ4n) is 2.22. The van der Waals surface area contributed by atoms with Crippen LogP contribution in [0.1, 0.15) is 0 Å². The Labute approximate surface area is 122 Å². The van der Waals surface area contributed by atoms with Gasteiger partial charge in [-0.1, -0.05) is 12.1 Å². The lowest BCUT2D eigenvalue weighted by molar-refractivity contribution is 0.805. The quantitative estimate of drug-likeness (QED) is 0.332. The molecule has 0 bridgehead atoms. The molecular weight excluding hydrogens is 230 g/mol. The summed E-state index contributed by atoms with van der Waals surface area (Å²) in [5.41, 5.74) is 6.97. The van der Waals surface area contributed by atoms with Crippen molar-refractivity contribution in [3.8, 4) is 0 Å². The first-order valence-electron chi connectivity index (χ1n) is 6.52. The molecule has 0 radical (unpaired) electrons. The fourth-order valence-corrected chi connectivity index (χ4v) is 3.61. The number of thioether (sulfide) groups is 1. The zero-order chi connectivity index (χ0) is 14.2. The Morgan fingerprint density at radius 3 is 1.67 bits per heavy atom. The van der Waals surface area contributed by atoms with Gasteiger partial charge in [0.1, 0.15) is 7.85 Å². The highest BCUT2D eigenvalue weighted by Crippen LogP contribution is 2.53. The lowest BCUT2D eigenvalue weighted by Crippen LogP contribution is -2.53. The van der Waals surface area contributed by atoms with Gasteiger partial charge >= 0.3 is 0 Å². The number of nitrogen functional groups attached to an aromatic ring is 1. The summed E-state index contributed by atoms with van der Waals surface area (Å²) >= 11 is 1.91. The van der Waals surface area contributed by atoms with E-state index in [9.17, 15) is 0 Å². The number of rotatable bonds is 4. The molecule has 2 N–H and O–H groups in total. The summed E-state index contributed by atoms with van der Waals surface area (Å²) in [4.78, 5) is 1.19. The maximum Gasteiger partial charge on any atom is 0.118 e. The fraction of sp³-hybridized carbons (Fsp3) is 0.333. The van der Waals surface area contributed by atoms with E-state index in [1.165, 1.54) is 4.90 Å². The number of para-hydroxylation sites is 1. The highest BCUT2D eigenvalue weighted by atomic mass is 32.2. The summed E-state index contributed by atoms with van der Waals surface area (Å²) in [5, 5.41) is 0.385. The van der Waals surface area contributed by atoms with E-state index < -0.39 is 0 Å². The standard InChI is InChI=1S/C9H20B7NS/c10-7(8(11,12)13,9(14,15)16)18-6-4-2-1-3-5(6)17/h1-4H,10-17H2. The van der Waals surface area contributed by atoms with Crippen LogP contribution in [0.2, 0.25) is 10.2 Å². The Morgan fingerprint density at radius 2 is 1.28 bits per heavy atom. The van der Waals surface area contributed by atoms with E-state index in [1.807, 2.05) is 23.9 Å². The predicted octanol–water partition coefficient (Wildman–Crippen LogP) is -4.36. The first-order chi connectivity index (χ1) is 7.99. The Kier molecular flexibility index (Phi) is 4.47. The summed E-state index contributed by atoms with van der Waals surface area (Å²) in [6, 6.07) is 8.15. The number of hydrogen-bond donors (Lipinski definition) is 1. The molecule has 0 unspecified atom stereocenters. The van der Waals surface area contributed by atoms with E-state index in [1.54, 1.807) is 0 Å². The Balaban J connectivity index is 3.21. The molecule has 0 aliphatic carbocycles. The van der Waals surface area contributed by atoms with Crippen LogP contribution in [-0.4, -0.2) is 59.6 Å². The Hall–Kier alpha value is -0.175. The molecule has 0 atom stereocenters. The lowest BCUT2D eigenvalue weighted by atomic mass is 9.21. The van der Waals surface area contributed by atoms with E-state index in [4.69, 9.17) is 5.73 Å². The van der Waals surface area contributed by atoms with Crippen molar-refractivity contribution in [2.45, 2.75) is 19.8 Å². The average molecular weight is 250 g/mol. The van der Waals surface area contributed by atoms with E-state index in [0.717, 1.165) is 5.69 Å². The van der Waals surface area contributed by atoms with Crippen LogP contribution in [0, 0.1) is 0 Å². The third-order valence-corrected chi connectivity index (χ3v) is 6.32. The maximum absolute atomic E-state index is 6.09. The minimum Gasteiger partial charge on any atom is -0.398 e. The monoisotopic (exact) mass is 251 g/mol. The second-order valence-corrected chi connectivity index (χ2v) is 8.63. The minimum absolute atomic E-state index is 0.107. The van der Waals surface area contributed by atoms with Gasteiger partial charge in [-0.3, -0.25) is 0 Å². The van der Waals surface area contributed by atoms with Crippen LogP contribution in [0.3, 0.4) is 0 Å². The van der Waals surface area contributed by atoms with Gasteiger partial charge in [-0.2, -0.15) is 0 Å². The predicted molar refractivity (Wildman–Crippen MR) is 105 cm³/mol. The van der Waals surface area contributed by atoms with Gasteiger partial charge in [0.05, 0.1) is 47.1 Å². The smallest absolute Gasteiger partial charge is 0.118 e. The molecule has 9 heteroatoms. The molecule has 0 saturated heterocycles. The molecular formula is C9H20B7NS. The second kappa shape index (κ2) is 5.07. The summed E-state index contributed by atoms with van der Waals surface area (Å²) < 4.78 is 0.107. The van der Waals surface area contributed by atoms with Crippen LogP contribution in [0.15, 0.2) is 29.2 Å². The summed E-state index contributed by atoms with van der Waals surface area (Å²) in [5.74, 6) is 0. The van der Waals surface area contributed by atoms with Crippen LogP contribution < -0.4 is 5.73 Å². The maximum atomic E-state index is 6.09. The molecule has 1 aromatic carbocycles. The SMILES string of the molecule is BC(B)(B)C(B)(Sc1ccccc1N)C(B)(B)B. The molecule has 0 amide bonds. The van der Waals surface area contributed by atoms with Crippen molar-refractivity contribution in [3.05, 3.63) is 24.3 Å². The lowest BCUT2D eigenvalue weighted by Gasteiger charge is -2.52. The Morgan fingerprint density at radius 1 is 0.833 bits per heavy atom. The molecule has 0 fully saturated rings. The average Bonchev–Trinajstić information content (AvgIpc) is 2.18. The second-order valence-electron chi connectivity index (χ2n) is 7.17. The van der Waals surface area contributed by atoms with Gasteiger partial charge in [0, 0.05) is 10.6 Å². The van der Waals surface area contributed by atoms with E-state index in [0.29, 0.717) is 0 Å². The number of nitrogens with two attached hydrogens (primary N) is 1. The molecule has 1 aromatic rings. The molecule has 0 aliphatic rings. The highest BCUT2D eigenvalue weighted by Gasteiger charge is 2.46. The van der Waals surface area contributed by atoms with Crippen molar-refractivity contribution >= 4 is 72.4 Å². The summed E-state index contributed by atoms with van der Waals surface area (Å²) in [6.45, 7) is 0. The molecule has 88 valence electrons. The van der Waals surface area contributed by atoms with Crippen LogP contribution in [-0.2, 0) is 0 Å². The molecule has 18 heavy (non-hydrogen) atoms. The first-order valence-corrected chi connectivity index (χ1v) is 7.34. The van der Waals surface area contributed by atoms with Crippen LogP contribution in [0.4, 0.5) is 5.69 Å². The van der Waals surface area contributed by atoms with Crippen molar-refractivity contribution in [1.82, 2.24) is 0 Å². The first kappa shape index (κ1) is 15.9. The van der Waals surface area contributed by atoms with Gasteiger partial charge in [0.15, 0.2) is 0 Å². The summed E-state index contributed by atoms with van der Waals surface area (Å²) in [6.07, 6.45) is 0. The van der Waals surface area contributed by atoms with Gasteiger partial charge in [-0.05, 0) is 16.8 Å². The van der Waals surface area contributed by atoms with Crippen LogP contribution >= 0.6 is 11.8 Å². The molecule has 0 saturated carbocycles. The summed E-state index contributed by atoms with van der Waals surface area (Å²) in [7, 11) is 16.2. The molecule has 1 nitrogen and oxygen atoms in total. The highest BCUT2D eigenvalue weighted by molar-refractivity contribution is 8.02. The third-order valence-electron chi connectivity index (χ3n) is 4.10. The molecule has 0 aliphatic heterocycles. The molecule has 0 aromatic heterocycles. The van der Waals surface area contributed by atoms with Gasteiger partial charge in [0.25, 0.3) is 0 Å². The molecule has 1 rings (SSSR count). The normalized spacial score (nSPS) is 13.3. The molecule has 0 heterocycles. The van der Waals surface area contributed by atoms with Gasteiger partial charge < -0.3 is 5.73 Å². The van der Waals surface area contributed by atoms with Crippen LogP contribution in [0.5, 0.6) is 0 Å². The Bertz CT molecular complexity index is 412. The van der Waals surface area contributed by atoms with Crippen molar-refractivity contribution < 1.29 is 0 Å². The number of anilines is 1. The zero-order valence-electron chi connectivity index (χ0n) is 12.8. The van der Waals surface area contributed by atoms with Gasteiger partial charge in [-0.25, -0.2) is 0 Å². The van der Waals surface area contributed by atoms with E-state index >= 15 is 0 Å². The molecule has 0 spiro atoms. The zero-order valence-corrected chi connectivity index (χ0v) is 13.6. The largest absolute Gasteiger partial charge is 0.398 e. The van der Waals surface area contributed by atoms with Gasteiger partial charge in [-0.15, -0.1) is 22.0 Å². The van der Waals surface area contributed by atoms with Crippen molar-refractivity contribution in [2.75, 3.05) is 5.73 Å². The van der Waals surface area contributed by atoms with E-state index in [2.05, 4.69) is 67.1 Å². The van der Waals surface area contributed by atoms with Crippen molar-refractivity contribution in [1.29, 1.82) is 0 Å². The topological polar surface area (TPSA) is 26.0 Å². The minimum atomic E-state index is 0.107. The van der Waals surface area contributed by atoms with Crippen molar-refractivity contribution in [2.24, 2.45) is 0 Å². The van der Waals surface area contributed by atoms with Gasteiger partial charge in [0.2, 0.25) is 0 Å². The van der Waals surface area contributed by atoms with E-state index in [-0.39, 0.29) is 14.9 Å². The van der Waals surface area contributed by atoms with Crippen molar-refractivity contribution in [3.63, 3.8) is 0 Å². The third kappa shape index (κ3) is 3.04. The number of benzene rings is 1. The number of hydrogen-bond acceptors (Lipinski definition) is 2.